The third-order valence-electron chi connectivity index (χ3n) is 2.85. The molecule has 0 amide bonds. The Labute approximate surface area is 101 Å². The van der Waals surface area contributed by atoms with Gasteiger partial charge in [-0.2, -0.15) is 17.4 Å². The molecule has 1 aliphatic rings. The summed E-state index contributed by atoms with van der Waals surface area (Å²) in [7, 11) is -3.82. The van der Waals surface area contributed by atoms with Gasteiger partial charge in [0.2, 0.25) is 0 Å². The molecule has 1 fully saturated rings. The van der Waals surface area contributed by atoms with E-state index in [0.29, 0.717) is 19.0 Å². The molecule has 1 aliphatic heterocycles. The molecule has 0 radical (unpaired) electrons. The third kappa shape index (κ3) is 3.91. The van der Waals surface area contributed by atoms with Crippen molar-refractivity contribution in [1.29, 1.82) is 0 Å². The van der Waals surface area contributed by atoms with Gasteiger partial charge in [0.1, 0.15) is 6.04 Å². The van der Waals surface area contributed by atoms with E-state index >= 15 is 0 Å². The molecule has 0 aromatic heterocycles. The van der Waals surface area contributed by atoms with Crippen LogP contribution in [-0.4, -0.2) is 54.6 Å². The molecule has 100 valence electrons. The lowest BCUT2D eigenvalue weighted by Gasteiger charge is -2.30. The minimum atomic E-state index is -3.82. The van der Waals surface area contributed by atoms with E-state index in [1.807, 2.05) is 11.6 Å². The minimum absolute atomic E-state index is 0.383. The summed E-state index contributed by atoms with van der Waals surface area (Å²) in [5.74, 6) is -0.906. The number of hydrogen-bond donors (Lipinski definition) is 3. The fourth-order valence-corrected chi connectivity index (χ4v) is 3.02. The van der Waals surface area contributed by atoms with E-state index in [1.54, 1.807) is 0 Å². The van der Waals surface area contributed by atoms with Crippen LogP contribution in [0, 0.1) is 5.92 Å². The molecular formula is C9H18N2O5S. The molecule has 0 aromatic carbocycles. The van der Waals surface area contributed by atoms with Crippen LogP contribution in [0.25, 0.3) is 0 Å². The highest BCUT2D eigenvalue weighted by Crippen LogP contribution is 2.18. The Hall–Kier alpha value is -0.700. The summed E-state index contributed by atoms with van der Waals surface area (Å²) in [6.45, 7) is 2.05. The van der Waals surface area contributed by atoms with Gasteiger partial charge in [0, 0.05) is 13.1 Å². The number of aliphatic hydroxyl groups is 1. The average Bonchev–Trinajstić information content (AvgIpc) is 2.26. The molecule has 1 rings (SSSR count). The van der Waals surface area contributed by atoms with Crippen LogP contribution in [0.3, 0.4) is 0 Å². The number of carbonyl (C=O) groups is 1. The number of nitrogens with one attached hydrogen (secondary N) is 1. The van der Waals surface area contributed by atoms with E-state index < -0.39 is 28.8 Å². The Balaban J connectivity index is 2.65. The molecule has 7 nitrogen and oxygen atoms in total. The Morgan fingerprint density at radius 3 is 2.41 bits per heavy atom. The predicted octanol–water partition coefficient (Wildman–Crippen LogP) is -1.00. The summed E-state index contributed by atoms with van der Waals surface area (Å²) >= 11 is 0. The molecule has 1 heterocycles. The van der Waals surface area contributed by atoms with Crippen LogP contribution in [-0.2, 0) is 15.0 Å². The van der Waals surface area contributed by atoms with Crippen molar-refractivity contribution in [3.05, 3.63) is 0 Å². The van der Waals surface area contributed by atoms with Crippen molar-refractivity contribution in [2.45, 2.75) is 25.8 Å². The van der Waals surface area contributed by atoms with Crippen molar-refractivity contribution in [2.75, 3.05) is 19.7 Å². The van der Waals surface area contributed by atoms with E-state index in [9.17, 15) is 13.2 Å². The number of aliphatic carboxylic acids is 1. The van der Waals surface area contributed by atoms with Gasteiger partial charge in [0.25, 0.3) is 10.2 Å². The molecule has 17 heavy (non-hydrogen) atoms. The molecule has 0 aromatic rings. The summed E-state index contributed by atoms with van der Waals surface area (Å²) in [5.41, 5.74) is 0. The lowest BCUT2D eigenvalue weighted by atomic mass is 10.0. The average molecular weight is 266 g/mol. The summed E-state index contributed by atoms with van der Waals surface area (Å²) in [6.07, 6.45) is 1.52. The second-order valence-electron chi connectivity index (χ2n) is 4.28. The third-order valence-corrected chi connectivity index (χ3v) is 4.48. The van der Waals surface area contributed by atoms with Crippen molar-refractivity contribution < 1.29 is 23.4 Å². The van der Waals surface area contributed by atoms with Crippen LogP contribution in [0.1, 0.15) is 19.8 Å². The zero-order chi connectivity index (χ0) is 13.1. The Morgan fingerprint density at radius 1 is 1.47 bits per heavy atom. The van der Waals surface area contributed by atoms with E-state index in [0.717, 1.165) is 12.8 Å². The minimum Gasteiger partial charge on any atom is -0.480 e. The number of hydrogen-bond acceptors (Lipinski definition) is 4. The molecule has 0 aliphatic carbocycles. The van der Waals surface area contributed by atoms with Gasteiger partial charge in [-0.3, -0.25) is 4.79 Å². The topological polar surface area (TPSA) is 107 Å². The number of carboxylic acids is 1. The summed E-state index contributed by atoms with van der Waals surface area (Å²) in [4.78, 5) is 10.6. The molecule has 1 atom stereocenters. The molecule has 1 saturated heterocycles. The fraction of sp³-hybridized carbons (Fsp3) is 0.889. The summed E-state index contributed by atoms with van der Waals surface area (Å²) < 4.78 is 26.8. The zero-order valence-electron chi connectivity index (χ0n) is 9.66. The largest absolute Gasteiger partial charge is 0.480 e. The van der Waals surface area contributed by atoms with Gasteiger partial charge in [-0.25, -0.2) is 0 Å². The van der Waals surface area contributed by atoms with Crippen LogP contribution in [0.15, 0.2) is 0 Å². The van der Waals surface area contributed by atoms with Crippen molar-refractivity contribution in [3.63, 3.8) is 0 Å². The Bertz CT molecular complexity index is 362. The maximum Gasteiger partial charge on any atom is 0.324 e. The lowest BCUT2D eigenvalue weighted by Crippen LogP contribution is -2.51. The maximum atomic E-state index is 11.8. The van der Waals surface area contributed by atoms with Crippen LogP contribution in [0.2, 0.25) is 0 Å². The molecule has 0 bridgehead atoms. The maximum absolute atomic E-state index is 11.8. The van der Waals surface area contributed by atoms with Crippen LogP contribution in [0.5, 0.6) is 0 Å². The van der Waals surface area contributed by atoms with Crippen molar-refractivity contribution in [2.24, 2.45) is 5.92 Å². The first-order chi connectivity index (χ1) is 7.86. The summed E-state index contributed by atoms with van der Waals surface area (Å²) in [6, 6.07) is -1.49. The van der Waals surface area contributed by atoms with Crippen molar-refractivity contribution in [3.8, 4) is 0 Å². The van der Waals surface area contributed by atoms with Crippen LogP contribution < -0.4 is 4.72 Å². The molecule has 8 heteroatoms. The number of nitrogens with zero attached hydrogens (tertiary/aromatic N) is 1. The Morgan fingerprint density at radius 2 is 2.00 bits per heavy atom. The smallest absolute Gasteiger partial charge is 0.324 e. The highest BCUT2D eigenvalue weighted by molar-refractivity contribution is 7.87. The van der Waals surface area contributed by atoms with Gasteiger partial charge in [0.05, 0.1) is 6.61 Å². The highest BCUT2D eigenvalue weighted by Gasteiger charge is 2.30. The first-order valence-corrected chi connectivity index (χ1v) is 6.92. The molecule has 0 spiro atoms. The standard InChI is InChI=1S/C9H18N2O5S/c1-7-2-4-11(5-3-7)17(15,16)10-8(6-12)9(13)14/h7-8,10,12H,2-6H2,1H3,(H,13,14). The molecule has 0 saturated carbocycles. The monoisotopic (exact) mass is 266 g/mol. The first kappa shape index (κ1) is 14.4. The molecule has 3 N–H and O–H groups in total. The van der Waals surface area contributed by atoms with E-state index in [1.165, 1.54) is 4.31 Å². The SMILES string of the molecule is CC1CCN(S(=O)(=O)NC(CO)C(=O)O)CC1. The number of rotatable bonds is 5. The van der Waals surface area contributed by atoms with Gasteiger partial charge in [-0.05, 0) is 18.8 Å². The highest BCUT2D eigenvalue weighted by atomic mass is 32.2. The van der Waals surface area contributed by atoms with Crippen LogP contribution in [0.4, 0.5) is 0 Å². The molecular weight excluding hydrogens is 248 g/mol. The predicted molar refractivity (Wildman–Crippen MR) is 60.5 cm³/mol. The van der Waals surface area contributed by atoms with E-state index in [2.05, 4.69) is 0 Å². The lowest BCUT2D eigenvalue weighted by molar-refractivity contribution is -0.139. The van der Waals surface area contributed by atoms with E-state index in [-0.39, 0.29) is 0 Å². The quantitative estimate of drug-likeness (QED) is 0.591. The fourth-order valence-electron chi connectivity index (χ4n) is 1.65. The number of carboxylic acid groups (broad SMARTS) is 1. The zero-order valence-corrected chi connectivity index (χ0v) is 10.5. The molecule has 1 unspecified atom stereocenters. The van der Waals surface area contributed by atoms with Crippen molar-refractivity contribution in [1.82, 2.24) is 9.03 Å². The van der Waals surface area contributed by atoms with Gasteiger partial charge in [0.15, 0.2) is 0 Å². The van der Waals surface area contributed by atoms with Gasteiger partial charge in [-0.15, -0.1) is 0 Å². The van der Waals surface area contributed by atoms with Crippen molar-refractivity contribution >= 4 is 16.2 Å². The number of aliphatic hydroxyl groups excluding tert-OH is 1. The Kier molecular flexibility index (Phi) is 4.87. The van der Waals surface area contributed by atoms with E-state index in [4.69, 9.17) is 10.2 Å². The second-order valence-corrected chi connectivity index (χ2v) is 5.98. The van der Waals surface area contributed by atoms with Gasteiger partial charge in [-0.1, -0.05) is 6.92 Å². The normalized spacial score (nSPS) is 21.3. The van der Waals surface area contributed by atoms with Crippen LogP contribution >= 0.6 is 0 Å². The number of piperidine rings is 1. The van der Waals surface area contributed by atoms with Gasteiger partial charge < -0.3 is 10.2 Å². The van der Waals surface area contributed by atoms with Gasteiger partial charge >= 0.3 is 5.97 Å². The second kappa shape index (κ2) is 5.76. The summed E-state index contributed by atoms with van der Waals surface area (Å²) in [5, 5.41) is 17.4. The first-order valence-electron chi connectivity index (χ1n) is 5.48.